The largest absolute Gasteiger partial charge is 0.508 e. The molecule has 1 aliphatic rings. The van der Waals surface area contributed by atoms with Crippen LogP contribution in [-0.2, 0) is 9.59 Å². The van der Waals surface area contributed by atoms with Crippen LogP contribution in [0.3, 0.4) is 0 Å². The third-order valence-electron chi connectivity index (χ3n) is 3.86. The van der Waals surface area contributed by atoms with Crippen molar-refractivity contribution in [2.24, 2.45) is 5.10 Å². The number of hydrogen-bond acceptors (Lipinski definition) is 5. The van der Waals surface area contributed by atoms with E-state index < -0.39 is 17.5 Å². The molecular formula is C17H22N4O4. The summed E-state index contributed by atoms with van der Waals surface area (Å²) in [5, 5.41) is 16.0. The topological polar surface area (TPSA) is 111 Å². The zero-order valence-corrected chi connectivity index (χ0v) is 14.5. The summed E-state index contributed by atoms with van der Waals surface area (Å²) in [6, 6.07) is 6.01. The van der Waals surface area contributed by atoms with E-state index in [0.29, 0.717) is 12.1 Å². The number of phenols is 1. The Labute approximate surface area is 145 Å². The average molecular weight is 346 g/mol. The molecule has 1 aliphatic heterocycles. The Balaban J connectivity index is 1.92. The molecule has 4 amide bonds. The first-order valence-electron chi connectivity index (χ1n) is 8.03. The summed E-state index contributed by atoms with van der Waals surface area (Å²) < 4.78 is 0. The normalized spacial score (nSPS) is 16.8. The number of amides is 4. The van der Waals surface area contributed by atoms with Crippen molar-refractivity contribution in [2.75, 3.05) is 6.54 Å². The maximum absolute atomic E-state index is 12.0. The van der Waals surface area contributed by atoms with Gasteiger partial charge in [0.05, 0.1) is 5.71 Å². The Morgan fingerprint density at radius 3 is 2.44 bits per heavy atom. The molecule has 0 saturated carbocycles. The molecule has 8 nitrogen and oxygen atoms in total. The number of imide groups is 1. The minimum absolute atomic E-state index is 0.00385. The molecule has 1 aromatic carbocycles. The highest BCUT2D eigenvalue weighted by Gasteiger charge is 2.43. The third-order valence-corrected chi connectivity index (χ3v) is 3.86. The van der Waals surface area contributed by atoms with E-state index in [0.717, 1.165) is 10.5 Å². The number of hydrogen-bond donors (Lipinski definition) is 3. The lowest BCUT2D eigenvalue weighted by atomic mass is 10.1. The van der Waals surface area contributed by atoms with Crippen molar-refractivity contribution in [2.45, 2.75) is 39.2 Å². The molecular weight excluding hydrogens is 324 g/mol. The second-order valence-electron chi connectivity index (χ2n) is 6.26. The van der Waals surface area contributed by atoms with Crippen LogP contribution in [-0.4, -0.2) is 45.6 Å². The first-order valence-corrected chi connectivity index (χ1v) is 8.03. The summed E-state index contributed by atoms with van der Waals surface area (Å²) in [7, 11) is 0. The summed E-state index contributed by atoms with van der Waals surface area (Å²) in [6.45, 7) is 5.12. The van der Waals surface area contributed by atoms with Gasteiger partial charge in [0, 0.05) is 13.0 Å². The van der Waals surface area contributed by atoms with Crippen LogP contribution in [0.15, 0.2) is 29.4 Å². The first-order chi connectivity index (χ1) is 11.7. The Morgan fingerprint density at radius 1 is 1.28 bits per heavy atom. The summed E-state index contributed by atoms with van der Waals surface area (Å²) >= 11 is 0. The van der Waals surface area contributed by atoms with Gasteiger partial charge >= 0.3 is 6.03 Å². The highest BCUT2D eigenvalue weighted by atomic mass is 16.3. The van der Waals surface area contributed by atoms with Crippen LogP contribution in [0.5, 0.6) is 5.75 Å². The fraction of sp³-hybridized carbons (Fsp3) is 0.412. The number of carbonyl (C=O) groups is 3. The first kappa shape index (κ1) is 18.4. The fourth-order valence-electron chi connectivity index (χ4n) is 2.42. The minimum Gasteiger partial charge on any atom is -0.508 e. The van der Waals surface area contributed by atoms with Crippen LogP contribution >= 0.6 is 0 Å². The quantitative estimate of drug-likeness (QED) is 0.410. The molecule has 0 bridgehead atoms. The van der Waals surface area contributed by atoms with E-state index in [9.17, 15) is 19.5 Å². The number of carbonyl (C=O) groups excluding carboxylic acids is 3. The molecule has 25 heavy (non-hydrogen) atoms. The van der Waals surface area contributed by atoms with E-state index in [1.54, 1.807) is 38.1 Å². The average Bonchev–Trinajstić information content (AvgIpc) is 2.75. The maximum Gasteiger partial charge on any atom is 0.325 e. The summed E-state index contributed by atoms with van der Waals surface area (Å²) in [5.74, 6) is -0.595. The lowest BCUT2D eigenvalue weighted by Gasteiger charge is -2.15. The summed E-state index contributed by atoms with van der Waals surface area (Å²) in [4.78, 5) is 36.8. The van der Waals surface area contributed by atoms with Crippen molar-refractivity contribution in [3.63, 3.8) is 0 Å². The summed E-state index contributed by atoms with van der Waals surface area (Å²) in [5.41, 5.74) is 2.94. The van der Waals surface area contributed by atoms with Gasteiger partial charge in [-0.2, -0.15) is 5.10 Å². The van der Waals surface area contributed by atoms with Crippen molar-refractivity contribution in [1.82, 2.24) is 15.6 Å². The van der Waals surface area contributed by atoms with Gasteiger partial charge in [0.25, 0.3) is 5.91 Å². The molecule has 1 heterocycles. The Kier molecular flexibility index (Phi) is 5.41. The fourth-order valence-corrected chi connectivity index (χ4v) is 2.42. The van der Waals surface area contributed by atoms with Crippen molar-refractivity contribution in [1.29, 1.82) is 0 Å². The second kappa shape index (κ2) is 7.33. The molecule has 2 rings (SSSR count). The van der Waals surface area contributed by atoms with Gasteiger partial charge in [-0.25, -0.2) is 10.2 Å². The van der Waals surface area contributed by atoms with E-state index in [1.807, 2.05) is 6.92 Å². The zero-order valence-electron chi connectivity index (χ0n) is 14.5. The van der Waals surface area contributed by atoms with Gasteiger partial charge in [0.1, 0.15) is 11.3 Å². The maximum atomic E-state index is 12.0. The molecule has 1 saturated heterocycles. The van der Waals surface area contributed by atoms with Crippen molar-refractivity contribution < 1.29 is 19.5 Å². The van der Waals surface area contributed by atoms with E-state index in [1.165, 1.54) is 0 Å². The molecule has 3 N–H and O–H groups in total. The number of nitrogens with one attached hydrogen (secondary N) is 2. The van der Waals surface area contributed by atoms with Gasteiger partial charge in [-0.3, -0.25) is 14.5 Å². The predicted octanol–water partition coefficient (Wildman–Crippen LogP) is 1.34. The molecule has 0 aliphatic carbocycles. The number of benzene rings is 1. The van der Waals surface area contributed by atoms with Gasteiger partial charge < -0.3 is 10.4 Å². The van der Waals surface area contributed by atoms with Gasteiger partial charge in [-0.05, 0) is 50.1 Å². The lowest BCUT2D eigenvalue weighted by Crippen LogP contribution is -2.40. The van der Waals surface area contributed by atoms with Gasteiger partial charge in [0.2, 0.25) is 5.91 Å². The van der Waals surface area contributed by atoms with Crippen LogP contribution in [0, 0.1) is 0 Å². The van der Waals surface area contributed by atoms with Crippen LogP contribution < -0.4 is 10.7 Å². The smallest absolute Gasteiger partial charge is 0.325 e. The Hall–Kier alpha value is -2.90. The SMILES string of the molecule is CC/C(=N\NC(=O)CCN1C(=O)NC(C)(C)C1=O)c1ccc(O)cc1. The highest BCUT2D eigenvalue weighted by molar-refractivity contribution is 6.06. The second-order valence-corrected chi connectivity index (χ2v) is 6.26. The van der Waals surface area contributed by atoms with Crippen LogP contribution in [0.2, 0.25) is 0 Å². The van der Waals surface area contributed by atoms with Crippen LogP contribution in [0.1, 0.15) is 39.2 Å². The van der Waals surface area contributed by atoms with E-state index in [4.69, 9.17) is 0 Å². The number of aromatic hydroxyl groups is 1. The minimum atomic E-state index is -0.944. The third kappa shape index (κ3) is 4.34. The van der Waals surface area contributed by atoms with Crippen LogP contribution in [0.4, 0.5) is 4.79 Å². The standard InChI is InChI=1S/C17H22N4O4/c1-4-13(11-5-7-12(22)8-6-11)19-20-14(23)9-10-21-15(24)17(2,3)18-16(21)25/h5-8,22H,4,9-10H2,1-3H3,(H,18,25)(H,20,23)/b19-13+. The van der Waals surface area contributed by atoms with Gasteiger partial charge in [-0.1, -0.05) is 6.92 Å². The molecule has 0 atom stereocenters. The molecule has 1 fully saturated rings. The van der Waals surface area contributed by atoms with Crippen molar-refractivity contribution in [3.8, 4) is 5.75 Å². The molecule has 8 heteroatoms. The number of rotatable bonds is 6. The van der Waals surface area contributed by atoms with Crippen LogP contribution in [0.25, 0.3) is 0 Å². The van der Waals surface area contributed by atoms with Gasteiger partial charge in [0.15, 0.2) is 0 Å². The molecule has 134 valence electrons. The van der Waals surface area contributed by atoms with E-state index in [-0.39, 0.29) is 24.6 Å². The molecule has 0 aromatic heterocycles. The zero-order chi connectivity index (χ0) is 18.6. The molecule has 0 spiro atoms. The number of nitrogens with zero attached hydrogens (tertiary/aromatic N) is 2. The van der Waals surface area contributed by atoms with Crippen molar-refractivity contribution >= 4 is 23.6 Å². The lowest BCUT2D eigenvalue weighted by molar-refractivity contribution is -0.130. The molecule has 0 unspecified atom stereocenters. The van der Waals surface area contributed by atoms with Gasteiger partial charge in [-0.15, -0.1) is 0 Å². The summed E-state index contributed by atoms with van der Waals surface area (Å²) in [6.07, 6.45) is 0.553. The molecule has 0 radical (unpaired) electrons. The number of phenolic OH excluding ortho intramolecular Hbond substituents is 1. The van der Waals surface area contributed by atoms with E-state index in [2.05, 4.69) is 15.8 Å². The Bertz CT molecular complexity index is 710. The highest BCUT2D eigenvalue weighted by Crippen LogP contribution is 2.16. The number of urea groups is 1. The van der Waals surface area contributed by atoms with E-state index >= 15 is 0 Å². The predicted molar refractivity (Wildman–Crippen MR) is 92.0 cm³/mol. The monoisotopic (exact) mass is 346 g/mol. The van der Waals surface area contributed by atoms with Crippen molar-refractivity contribution in [3.05, 3.63) is 29.8 Å². The number of hydrazone groups is 1. The Morgan fingerprint density at radius 2 is 1.92 bits per heavy atom. The molecule has 1 aromatic rings.